The van der Waals surface area contributed by atoms with Crippen LogP contribution in [0, 0.1) is 0 Å². The average molecular weight is 368 g/mol. The molecule has 0 saturated heterocycles. The van der Waals surface area contributed by atoms with Crippen LogP contribution in [0.15, 0.2) is 23.5 Å². The minimum atomic E-state index is 0.733. The molecule has 0 radical (unpaired) electrons. The summed E-state index contributed by atoms with van der Waals surface area (Å²) in [7, 11) is 4.05. The van der Waals surface area contributed by atoms with Gasteiger partial charge in [-0.05, 0) is 19.4 Å². The number of guanidine groups is 1. The molecular weight excluding hydrogens is 342 g/mol. The van der Waals surface area contributed by atoms with Gasteiger partial charge in [-0.3, -0.25) is 4.99 Å². The molecule has 5 nitrogen and oxygen atoms in total. The maximum Gasteiger partial charge on any atom is 0.194 e. The summed E-state index contributed by atoms with van der Waals surface area (Å²) >= 11 is 7.85. The Labute approximate surface area is 153 Å². The summed E-state index contributed by atoms with van der Waals surface area (Å²) in [5.74, 6) is 0.905. The monoisotopic (exact) mass is 367 g/mol. The van der Waals surface area contributed by atoms with Crippen molar-refractivity contribution < 1.29 is 0 Å². The maximum absolute atomic E-state index is 6.06. The van der Waals surface area contributed by atoms with Gasteiger partial charge in [-0.2, -0.15) is 0 Å². The predicted molar refractivity (Wildman–Crippen MR) is 103 cm³/mol. The van der Waals surface area contributed by atoms with Gasteiger partial charge in [0.2, 0.25) is 0 Å². The molecule has 0 amide bonds. The lowest BCUT2D eigenvalue weighted by molar-refractivity contribution is 0.462. The molecule has 0 fully saturated rings. The van der Waals surface area contributed by atoms with Gasteiger partial charge in [-0.1, -0.05) is 18.5 Å². The van der Waals surface area contributed by atoms with Crippen LogP contribution < -0.4 is 5.32 Å². The minimum Gasteiger partial charge on any atom is -0.357 e. The zero-order valence-corrected chi connectivity index (χ0v) is 16.4. The number of nitrogens with zero attached hydrogens (tertiary/aromatic N) is 4. The Hall–Kier alpha value is -1.53. The van der Waals surface area contributed by atoms with E-state index in [1.165, 1.54) is 4.88 Å². The summed E-state index contributed by atoms with van der Waals surface area (Å²) in [6.07, 6.45) is 5.82. The summed E-state index contributed by atoms with van der Waals surface area (Å²) in [5, 5.41) is 5.27. The molecule has 132 valence electrons. The smallest absolute Gasteiger partial charge is 0.194 e. The molecule has 0 unspecified atom stereocenters. The molecule has 0 saturated carbocycles. The van der Waals surface area contributed by atoms with Crippen LogP contribution in [0.25, 0.3) is 0 Å². The quantitative estimate of drug-likeness (QED) is 0.603. The van der Waals surface area contributed by atoms with E-state index >= 15 is 0 Å². The van der Waals surface area contributed by atoms with E-state index in [1.807, 2.05) is 37.1 Å². The zero-order chi connectivity index (χ0) is 17.5. The highest BCUT2D eigenvalue weighted by atomic mass is 35.5. The van der Waals surface area contributed by atoms with Gasteiger partial charge in [0.25, 0.3) is 0 Å². The largest absolute Gasteiger partial charge is 0.357 e. The zero-order valence-electron chi connectivity index (χ0n) is 14.8. The molecule has 0 aliphatic heterocycles. The van der Waals surface area contributed by atoms with Gasteiger partial charge in [-0.15, -0.1) is 11.3 Å². The van der Waals surface area contributed by atoms with Crippen LogP contribution in [-0.4, -0.2) is 40.5 Å². The summed E-state index contributed by atoms with van der Waals surface area (Å²) in [6.45, 7) is 6.57. The van der Waals surface area contributed by atoms with E-state index < -0.39 is 0 Å². The molecule has 1 N–H and O–H groups in total. The van der Waals surface area contributed by atoms with Crippen molar-refractivity contribution in [2.45, 2.75) is 33.2 Å². The standard InChI is InChI=1S/C17H26ClN5S/c1-5-15-10-21-16(24-15)7-8-20-17(19-6-2)23(4)12-14-9-13(18)11-22(14)3/h9-11H,5-8,12H2,1-4H3,(H,19,20). The third-order valence-electron chi connectivity index (χ3n) is 3.71. The first-order valence-electron chi connectivity index (χ1n) is 8.27. The maximum atomic E-state index is 6.06. The van der Waals surface area contributed by atoms with Crippen molar-refractivity contribution in [3.8, 4) is 0 Å². The van der Waals surface area contributed by atoms with E-state index in [-0.39, 0.29) is 0 Å². The second-order valence-electron chi connectivity index (χ2n) is 5.68. The van der Waals surface area contributed by atoms with E-state index in [4.69, 9.17) is 16.6 Å². The molecule has 0 aromatic carbocycles. The van der Waals surface area contributed by atoms with Gasteiger partial charge < -0.3 is 14.8 Å². The van der Waals surface area contributed by atoms with Crippen LogP contribution in [0.3, 0.4) is 0 Å². The Balaban J connectivity index is 1.97. The third kappa shape index (κ3) is 5.24. The van der Waals surface area contributed by atoms with Crippen LogP contribution >= 0.6 is 22.9 Å². The van der Waals surface area contributed by atoms with E-state index in [1.54, 1.807) is 11.3 Å². The molecule has 0 atom stereocenters. The molecule has 0 bridgehead atoms. The highest BCUT2D eigenvalue weighted by Gasteiger charge is 2.10. The predicted octanol–water partition coefficient (Wildman–Crippen LogP) is 3.34. The Kier molecular flexibility index (Phi) is 7.12. The molecule has 24 heavy (non-hydrogen) atoms. The fourth-order valence-corrected chi connectivity index (χ4v) is 3.52. The van der Waals surface area contributed by atoms with Crippen LogP contribution in [0.4, 0.5) is 0 Å². The van der Waals surface area contributed by atoms with E-state index in [0.29, 0.717) is 0 Å². The molecule has 2 heterocycles. The lowest BCUT2D eigenvalue weighted by Crippen LogP contribution is -2.39. The van der Waals surface area contributed by atoms with Crippen LogP contribution in [0.5, 0.6) is 0 Å². The minimum absolute atomic E-state index is 0.733. The van der Waals surface area contributed by atoms with E-state index in [0.717, 1.165) is 54.2 Å². The Morgan fingerprint density at radius 3 is 2.83 bits per heavy atom. The first-order chi connectivity index (χ1) is 11.5. The average Bonchev–Trinajstić information content (AvgIpc) is 3.13. The Morgan fingerprint density at radius 2 is 2.25 bits per heavy atom. The highest BCUT2D eigenvalue weighted by molar-refractivity contribution is 7.11. The van der Waals surface area contributed by atoms with Crippen LogP contribution in [0.1, 0.15) is 29.4 Å². The number of aryl methyl sites for hydroxylation is 2. The second kappa shape index (κ2) is 9.08. The fourth-order valence-electron chi connectivity index (χ4n) is 2.40. The van der Waals surface area contributed by atoms with Gasteiger partial charge in [0.15, 0.2) is 5.96 Å². The van der Waals surface area contributed by atoms with Crippen LogP contribution in [-0.2, 0) is 26.4 Å². The molecule has 7 heteroatoms. The summed E-state index contributed by atoms with van der Waals surface area (Å²) in [5.41, 5.74) is 1.15. The fraction of sp³-hybridized carbons (Fsp3) is 0.529. The summed E-state index contributed by atoms with van der Waals surface area (Å²) < 4.78 is 2.05. The number of rotatable bonds is 7. The normalized spacial score (nSPS) is 11.8. The van der Waals surface area contributed by atoms with Crippen molar-refractivity contribution in [2.75, 3.05) is 20.1 Å². The Morgan fingerprint density at radius 1 is 1.46 bits per heavy atom. The lowest BCUT2D eigenvalue weighted by Gasteiger charge is -2.22. The topological polar surface area (TPSA) is 45.5 Å². The SMILES string of the molecule is CCNC(=NCCc1ncc(CC)s1)N(C)Cc1cc(Cl)cn1C. The molecule has 2 aromatic heterocycles. The van der Waals surface area contributed by atoms with Crippen molar-refractivity contribution >= 4 is 28.9 Å². The first-order valence-corrected chi connectivity index (χ1v) is 9.46. The molecule has 0 aliphatic carbocycles. The molecule has 2 aromatic rings. The number of nitrogens with one attached hydrogen (secondary N) is 1. The van der Waals surface area contributed by atoms with Gasteiger partial charge in [0, 0.05) is 56.6 Å². The van der Waals surface area contributed by atoms with E-state index in [9.17, 15) is 0 Å². The van der Waals surface area contributed by atoms with Crippen molar-refractivity contribution in [1.29, 1.82) is 0 Å². The number of hydrogen-bond donors (Lipinski definition) is 1. The van der Waals surface area contributed by atoms with E-state index in [2.05, 4.69) is 29.0 Å². The van der Waals surface area contributed by atoms with Crippen molar-refractivity contribution in [2.24, 2.45) is 12.0 Å². The van der Waals surface area contributed by atoms with Gasteiger partial charge in [-0.25, -0.2) is 4.98 Å². The molecule has 0 spiro atoms. The number of aliphatic imine (C=N–C) groups is 1. The van der Waals surface area contributed by atoms with Gasteiger partial charge in [0.1, 0.15) is 0 Å². The number of hydrogen-bond acceptors (Lipinski definition) is 3. The van der Waals surface area contributed by atoms with Crippen molar-refractivity contribution in [3.63, 3.8) is 0 Å². The Bertz CT molecular complexity index is 676. The molecular formula is C17H26ClN5S. The second-order valence-corrected chi connectivity index (χ2v) is 7.31. The van der Waals surface area contributed by atoms with Crippen molar-refractivity contribution in [1.82, 2.24) is 19.8 Å². The van der Waals surface area contributed by atoms with Crippen molar-refractivity contribution in [3.05, 3.63) is 39.1 Å². The summed E-state index contributed by atoms with van der Waals surface area (Å²) in [6, 6.07) is 1.99. The number of halogens is 1. The molecule has 0 aliphatic rings. The molecule has 2 rings (SSSR count). The number of aromatic nitrogens is 2. The lowest BCUT2D eigenvalue weighted by atomic mass is 10.4. The van der Waals surface area contributed by atoms with Crippen LogP contribution in [0.2, 0.25) is 5.02 Å². The number of thiazole rings is 1. The van der Waals surface area contributed by atoms with Gasteiger partial charge >= 0.3 is 0 Å². The third-order valence-corrected chi connectivity index (χ3v) is 5.12. The highest BCUT2D eigenvalue weighted by Crippen LogP contribution is 2.15. The first kappa shape index (κ1) is 18.8. The van der Waals surface area contributed by atoms with Gasteiger partial charge in [0.05, 0.1) is 16.6 Å². The summed E-state index contributed by atoms with van der Waals surface area (Å²) in [4.78, 5) is 12.6.